The van der Waals surface area contributed by atoms with Crippen molar-refractivity contribution in [3.8, 4) is 0 Å². The summed E-state index contributed by atoms with van der Waals surface area (Å²) in [7, 11) is -2.10. The van der Waals surface area contributed by atoms with E-state index in [1.807, 2.05) is 0 Å². The molecule has 9 heteroatoms. The van der Waals surface area contributed by atoms with Gasteiger partial charge in [-0.3, -0.25) is 14.3 Å². The van der Waals surface area contributed by atoms with E-state index in [9.17, 15) is 14.4 Å². The molecule has 1 N–H and O–H groups in total. The van der Waals surface area contributed by atoms with Gasteiger partial charge in [0.05, 0.1) is 12.0 Å². The largest absolute Gasteiger partial charge is 0.413 e. The summed E-state index contributed by atoms with van der Waals surface area (Å²) in [5.41, 5.74) is -2.39. The van der Waals surface area contributed by atoms with E-state index in [0.29, 0.717) is 0 Å². The van der Waals surface area contributed by atoms with Crippen LogP contribution in [0.15, 0.2) is 21.9 Å². The van der Waals surface area contributed by atoms with Gasteiger partial charge in [0, 0.05) is 18.2 Å². The molecule has 0 unspecified atom stereocenters. The average molecular weight is 403 g/mol. The average Bonchev–Trinajstić information content (AvgIpc) is 2.78. The van der Waals surface area contributed by atoms with Crippen molar-refractivity contribution in [2.75, 3.05) is 6.61 Å². The zero-order chi connectivity index (χ0) is 19.9. The Labute approximate surface area is 158 Å². The molecule has 0 bridgehead atoms. The number of rotatable bonds is 5. The number of alkyl halides is 1. The number of carbonyl (C=O) groups excluding carboxylic acids is 1. The van der Waals surface area contributed by atoms with Crippen molar-refractivity contribution >= 4 is 26.2 Å². The van der Waals surface area contributed by atoms with Crippen LogP contribution >= 0.6 is 11.6 Å². The normalized spacial score (nSPS) is 29.7. The van der Waals surface area contributed by atoms with Crippen molar-refractivity contribution in [1.82, 2.24) is 9.55 Å². The first kappa shape index (κ1) is 21.1. The van der Waals surface area contributed by atoms with Gasteiger partial charge in [-0.1, -0.05) is 27.7 Å². The van der Waals surface area contributed by atoms with Crippen LogP contribution in [0, 0.1) is 5.92 Å². The molecule has 2 heterocycles. The summed E-state index contributed by atoms with van der Waals surface area (Å²) in [6.07, 6.45) is 1.17. The number of nitrogens with one attached hydrogen (secondary N) is 1. The number of aldehydes is 1. The van der Waals surface area contributed by atoms with Crippen molar-refractivity contribution in [2.24, 2.45) is 5.92 Å². The molecule has 0 spiro atoms. The molecule has 4 atom stereocenters. The zero-order valence-electron chi connectivity index (χ0n) is 16.0. The monoisotopic (exact) mass is 402 g/mol. The van der Waals surface area contributed by atoms with Crippen molar-refractivity contribution in [3.05, 3.63) is 33.1 Å². The van der Waals surface area contributed by atoms with E-state index in [2.05, 4.69) is 38.8 Å². The number of aromatic amines is 1. The smallest absolute Gasteiger partial charge is 0.330 e. The Morgan fingerprint density at radius 3 is 2.54 bits per heavy atom. The van der Waals surface area contributed by atoms with Gasteiger partial charge in [0.1, 0.15) is 0 Å². The van der Waals surface area contributed by atoms with Gasteiger partial charge < -0.3 is 14.0 Å². The van der Waals surface area contributed by atoms with Crippen LogP contribution in [0.25, 0.3) is 0 Å². The van der Waals surface area contributed by atoms with E-state index in [0.717, 1.165) is 6.29 Å². The summed E-state index contributed by atoms with van der Waals surface area (Å²) in [6.45, 7) is 12.4. The summed E-state index contributed by atoms with van der Waals surface area (Å²) in [6, 6.07) is 1.21. The quantitative estimate of drug-likeness (QED) is 0.463. The molecule has 0 amide bonds. The van der Waals surface area contributed by atoms with Crippen molar-refractivity contribution in [3.63, 3.8) is 0 Å². The number of H-pyrrole nitrogens is 1. The summed E-state index contributed by atoms with van der Waals surface area (Å²) in [4.78, 5) is 37.5. The summed E-state index contributed by atoms with van der Waals surface area (Å²) in [5.74, 6) is -0.379. The number of hydrogen-bond acceptors (Lipinski definition) is 5. The van der Waals surface area contributed by atoms with Gasteiger partial charge >= 0.3 is 5.69 Å². The standard InChI is InChI=1S/C17H27ClN2O5Si/c1-11-13(18)14(20-8-7-12(22)19-15(20)23)25-17(11,9-21)10-24-26(5,6)16(2,3)4/h7-9,11,13-14H,10H2,1-6H3,(H,19,22,23)/t11-,13+,14+,17+/m0/s1. The fourth-order valence-corrected chi connectivity index (χ4v) is 4.00. The molecular weight excluding hydrogens is 376 g/mol. The highest BCUT2D eigenvalue weighted by Crippen LogP contribution is 2.45. The number of hydrogen-bond donors (Lipinski definition) is 1. The minimum atomic E-state index is -2.10. The molecule has 1 saturated heterocycles. The predicted octanol–water partition coefficient (Wildman–Crippen LogP) is 2.27. The van der Waals surface area contributed by atoms with Crippen LogP contribution < -0.4 is 11.2 Å². The molecule has 0 aliphatic carbocycles. The first-order valence-corrected chi connectivity index (χ1v) is 11.9. The van der Waals surface area contributed by atoms with E-state index in [1.54, 1.807) is 6.92 Å². The third-order valence-corrected chi connectivity index (χ3v) is 10.7. The van der Waals surface area contributed by atoms with E-state index in [4.69, 9.17) is 20.8 Å². The third kappa shape index (κ3) is 3.74. The summed E-state index contributed by atoms with van der Waals surface area (Å²) < 4.78 is 13.4. The molecule has 1 fully saturated rings. The molecule has 0 radical (unpaired) electrons. The van der Waals surface area contributed by atoms with Gasteiger partial charge in [-0.15, -0.1) is 11.6 Å². The fraction of sp³-hybridized carbons (Fsp3) is 0.706. The Morgan fingerprint density at radius 2 is 2.04 bits per heavy atom. The van der Waals surface area contributed by atoms with Gasteiger partial charge in [-0.05, 0) is 18.1 Å². The molecule has 1 aromatic rings. The van der Waals surface area contributed by atoms with Gasteiger partial charge in [0.25, 0.3) is 5.56 Å². The number of nitrogens with zero attached hydrogens (tertiary/aromatic N) is 1. The van der Waals surface area contributed by atoms with E-state index in [1.165, 1.54) is 16.8 Å². The molecule has 2 rings (SSSR count). The topological polar surface area (TPSA) is 90.4 Å². The van der Waals surface area contributed by atoms with Crippen LogP contribution in [-0.2, 0) is 14.0 Å². The van der Waals surface area contributed by atoms with Crippen LogP contribution in [0.5, 0.6) is 0 Å². The number of halogens is 1. The van der Waals surface area contributed by atoms with E-state index in [-0.39, 0.29) is 17.6 Å². The first-order chi connectivity index (χ1) is 11.8. The minimum absolute atomic E-state index is 0.0193. The summed E-state index contributed by atoms with van der Waals surface area (Å²) >= 11 is 6.50. The Bertz CT molecular complexity index is 784. The van der Waals surface area contributed by atoms with Crippen molar-refractivity contribution < 1.29 is 14.0 Å². The lowest BCUT2D eigenvalue weighted by Crippen LogP contribution is -2.49. The lowest BCUT2D eigenvalue weighted by Gasteiger charge is -2.39. The van der Waals surface area contributed by atoms with Crippen LogP contribution in [0.4, 0.5) is 0 Å². The predicted molar refractivity (Wildman–Crippen MR) is 102 cm³/mol. The Morgan fingerprint density at radius 1 is 1.42 bits per heavy atom. The van der Waals surface area contributed by atoms with Crippen LogP contribution in [0.2, 0.25) is 18.1 Å². The lowest BCUT2D eigenvalue weighted by atomic mass is 9.90. The summed E-state index contributed by atoms with van der Waals surface area (Å²) in [5, 5.41) is -0.652. The molecule has 26 heavy (non-hydrogen) atoms. The number of carbonyl (C=O) groups is 1. The highest BCUT2D eigenvalue weighted by Gasteiger charge is 2.54. The second kappa shape index (κ2) is 7.07. The molecule has 0 aromatic carbocycles. The second-order valence-corrected chi connectivity index (χ2v) is 13.7. The van der Waals surface area contributed by atoms with Crippen molar-refractivity contribution in [1.29, 1.82) is 0 Å². The fourth-order valence-electron chi connectivity index (χ4n) is 2.60. The van der Waals surface area contributed by atoms with Gasteiger partial charge in [-0.2, -0.15) is 0 Å². The third-order valence-electron chi connectivity index (χ3n) is 5.65. The Balaban J connectivity index is 2.31. The van der Waals surface area contributed by atoms with Gasteiger partial charge in [0.2, 0.25) is 0 Å². The first-order valence-electron chi connectivity index (χ1n) is 8.58. The van der Waals surface area contributed by atoms with E-state index >= 15 is 0 Å². The maximum atomic E-state index is 12.1. The Kier molecular flexibility index (Phi) is 5.73. The molecule has 0 saturated carbocycles. The Hall–Kier alpha value is -1.22. The molecule has 146 valence electrons. The highest BCUT2D eigenvalue weighted by molar-refractivity contribution is 6.74. The lowest BCUT2D eigenvalue weighted by molar-refractivity contribution is -0.144. The van der Waals surface area contributed by atoms with E-state index < -0.39 is 36.8 Å². The van der Waals surface area contributed by atoms with Gasteiger partial charge in [-0.25, -0.2) is 4.79 Å². The maximum Gasteiger partial charge on any atom is 0.330 e. The second-order valence-electron chi connectivity index (χ2n) is 8.38. The molecule has 1 aromatic heterocycles. The van der Waals surface area contributed by atoms with Crippen LogP contribution in [0.1, 0.15) is 33.9 Å². The molecule has 7 nitrogen and oxygen atoms in total. The minimum Gasteiger partial charge on any atom is -0.413 e. The maximum absolute atomic E-state index is 12.1. The van der Waals surface area contributed by atoms with Crippen LogP contribution in [0.3, 0.4) is 0 Å². The zero-order valence-corrected chi connectivity index (χ0v) is 17.8. The molecule has 1 aliphatic rings. The van der Waals surface area contributed by atoms with Gasteiger partial charge in [0.15, 0.2) is 26.4 Å². The number of ether oxygens (including phenoxy) is 1. The molecule has 1 aliphatic heterocycles. The van der Waals surface area contributed by atoms with Crippen LogP contribution in [-0.4, -0.2) is 41.7 Å². The molecular formula is C17H27ClN2O5Si. The van der Waals surface area contributed by atoms with Crippen molar-refractivity contribution in [2.45, 2.75) is 63.0 Å². The SMILES string of the molecule is C[C@H]1[C@@H](Cl)[C@H](n2ccc(=O)[nH]c2=O)O[C@]1(C=O)CO[Si](C)(C)C(C)(C)C. The number of aromatic nitrogens is 2. The highest BCUT2D eigenvalue weighted by atomic mass is 35.5.